The summed E-state index contributed by atoms with van der Waals surface area (Å²) in [5.74, 6) is -0.0465. The summed E-state index contributed by atoms with van der Waals surface area (Å²) in [7, 11) is 1.48. The second kappa shape index (κ2) is 6.42. The van der Waals surface area contributed by atoms with Crippen LogP contribution in [-0.4, -0.2) is 31.5 Å². The van der Waals surface area contributed by atoms with Gasteiger partial charge in [-0.3, -0.25) is 0 Å². The first-order chi connectivity index (χ1) is 7.65. The van der Waals surface area contributed by atoms with E-state index in [1.807, 2.05) is 0 Å². The van der Waals surface area contributed by atoms with Crippen molar-refractivity contribution in [2.24, 2.45) is 5.73 Å². The molecule has 1 unspecified atom stereocenters. The van der Waals surface area contributed by atoms with Crippen LogP contribution in [0.5, 0.6) is 5.75 Å². The van der Waals surface area contributed by atoms with Crippen molar-refractivity contribution in [1.29, 1.82) is 0 Å². The van der Waals surface area contributed by atoms with E-state index in [0.717, 1.165) is 0 Å². The van der Waals surface area contributed by atoms with Crippen LogP contribution in [0, 0.1) is 5.82 Å². The molecule has 5 heteroatoms. The van der Waals surface area contributed by atoms with Crippen molar-refractivity contribution in [2.45, 2.75) is 12.6 Å². The van der Waals surface area contributed by atoms with Gasteiger partial charge in [-0.15, -0.1) is 0 Å². The Morgan fingerprint density at radius 3 is 2.75 bits per heavy atom. The quantitative estimate of drug-likeness (QED) is 0.752. The molecule has 0 aliphatic carbocycles. The van der Waals surface area contributed by atoms with Crippen LogP contribution in [0.4, 0.5) is 4.39 Å². The van der Waals surface area contributed by atoms with Gasteiger partial charge in [0.15, 0.2) is 0 Å². The van der Waals surface area contributed by atoms with Gasteiger partial charge in [0.1, 0.15) is 24.3 Å². The number of aliphatic hydroxyl groups excluding tert-OH is 1. The molecule has 0 amide bonds. The summed E-state index contributed by atoms with van der Waals surface area (Å²) in [4.78, 5) is 0. The smallest absolute Gasteiger partial charge is 0.127 e. The lowest BCUT2D eigenvalue weighted by Crippen LogP contribution is -2.22. The van der Waals surface area contributed by atoms with Crippen molar-refractivity contribution >= 4 is 0 Å². The number of methoxy groups -OCH3 is 1. The highest BCUT2D eigenvalue weighted by Gasteiger charge is 2.06. The Balaban J connectivity index is 2.56. The highest BCUT2D eigenvalue weighted by Crippen LogP contribution is 2.16. The summed E-state index contributed by atoms with van der Waals surface area (Å²) >= 11 is 0. The lowest BCUT2D eigenvalue weighted by molar-refractivity contribution is 0.0324. The Morgan fingerprint density at radius 2 is 2.12 bits per heavy atom. The zero-order valence-corrected chi connectivity index (χ0v) is 9.15. The van der Waals surface area contributed by atoms with Gasteiger partial charge < -0.3 is 20.3 Å². The zero-order valence-electron chi connectivity index (χ0n) is 9.15. The predicted molar refractivity (Wildman–Crippen MR) is 57.7 cm³/mol. The van der Waals surface area contributed by atoms with E-state index in [2.05, 4.69) is 0 Å². The topological polar surface area (TPSA) is 64.7 Å². The molecule has 90 valence electrons. The number of halogens is 1. The Bertz CT molecular complexity index is 333. The molecule has 1 aromatic rings. The van der Waals surface area contributed by atoms with Crippen molar-refractivity contribution in [1.82, 2.24) is 0 Å². The first-order valence-corrected chi connectivity index (χ1v) is 4.95. The number of rotatable bonds is 6. The zero-order chi connectivity index (χ0) is 12.0. The molecule has 0 heterocycles. The number of benzene rings is 1. The fourth-order valence-electron chi connectivity index (χ4n) is 1.25. The molecular weight excluding hydrogens is 213 g/mol. The summed E-state index contributed by atoms with van der Waals surface area (Å²) in [6.45, 7) is 0.481. The van der Waals surface area contributed by atoms with Crippen molar-refractivity contribution in [3.63, 3.8) is 0 Å². The highest BCUT2D eigenvalue weighted by molar-refractivity contribution is 5.29. The first kappa shape index (κ1) is 12.9. The molecule has 0 aliphatic rings. The minimum absolute atomic E-state index is 0.0568. The molecule has 0 fully saturated rings. The molecule has 1 atom stereocenters. The SMILES string of the molecule is COCC(O)COc1cc(F)cc(CN)c1. The van der Waals surface area contributed by atoms with Crippen molar-refractivity contribution in [3.8, 4) is 5.75 Å². The normalized spacial score (nSPS) is 12.5. The summed E-state index contributed by atoms with van der Waals surface area (Å²) in [6.07, 6.45) is -0.727. The van der Waals surface area contributed by atoms with Gasteiger partial charge >= 0.3 is 0 Å². The second-order valence-electron chi connectivity index (χ2n) is 3.42. The van der Waals surface area contributed by atoms with E-state index in [4.69, 9.17) is 15.2 Å². The molecule has 1 aromatic carbocycles. The second-order valence-corrected chi connectivity index (χ2v) is 3.42. The molecule has 0 radical (unpaired) electrons. The predicted octanol–water partition coefficient (Wildman–Crippen LogP) is 0.671. The highest BCUT2D eigenvalue weighted by atomic mass is 19.1. The number of nitrogens with two attached hydrogens (primary N) is 1. The van der Waals surface area contributed by atoms with Crippen LogP contribution in [0.2, 0.25) is 0 Å². The summed E-state index contributed by atoms with van der Waals surface area (Å²) in [5, 5.41) is 9.34. The van der Waals surface area contributed by atoms with Gasteiger partial charge in [0.25, 0.3) is 0 Å². The molecule has 16 heavy (non-hydrogen) atoms. The summed E-state index contributed by atoms with van der Waals surface area (Å²) in [6, 6.07) is 4.24. The summed E-state index contributed by atoms with van der Waals surface area (Å²) in [5.41, 5.74) is 6.05. The average molecular weight is 229 g/mol. The van der Waals surface area contributed by atoms with Gasteiger partial charge in [-0.2, -0.15) is 0 Å². The van der Waals surface area contributed by atoms with Crippen molar-refractivity contribution in [2.75, 3.05) is 20.3 Å². The van der Waals surface area contributed by atoms with Crippen LogP contribution in [0.15, 0.2) is 18.2 Å². The summed E-state index contributed by atoms with van der Waals surface area (Å²) < 4.78 is 23.0. The molecular formula is C11H16FNO3. The van der Waals surface area contributed by atoms with Gasteiger partial charge in [-0.05, 0) is 17.7 Å². The third-order valence-corrected chi connectivity index (χ3v) is 1.97. The maximum Gasteiger partial charge on any atom is 0.127 e. The number of ether oxygens (including phenoxy) is 2. The van der Waals surface area contributed by atoms with E-state index in [1.165, 1.54) is 19.2 Å². The maximum absolute atomic E-state index is 13.1. The van der Waals surface area contributed by atoms with Crippen molar-refractivity contribution in [3.05, 3.63) is 29.6 Å². The molecule has 0 spiro atoms. The molecule has 0 aliphatic heterocycles. The van der Waals surface area contributed by atoms with Gasteiger partial charge in [0.2, 0.25) is 0 Å². The van der Waals surface area contributed by atoms with Crippen LogP contribution in [0.3, 0.4) is 0 Å². The fraction of sp³-hybridized carbons (Fsp3) is 0.455. The molecule has 0 saturated carbocycles. The van der Waals surface area contributed by atoms with Crippen LogP contribution >= 0.6 is 0 Å². The van der Waals surface area contributed by atoms with Gasteiger partial charge in [-0.1, -0.05) is 0 Å². The third-order valence-electron chi connectivity index (χ3n) is 1.97. The van der Waals surface area contributed by atoms with Crippen LogP contribution in [-0.2, 0) is 11.3 Å². The first-order valence-electron chi connectivity index (χ1n) is 4.95. The molecule has 3 N–H and O–H groups in total. The van der Waals surface area contributed by atoms with E-state index in [1.54, 1.807) is 6.07 Å². The van der Waals surface area contributed by atoms with Crippen LogP contribution in [0.1, 0.15) is 5.56 Å². The maximum atomic E-state index is 13.1. The van der Waals surface area contributed by atoms with E-state index in [9.17, 15) is 9.50 Å². The van der Waals surface area contributed by atoms with Gasteiger partial charge in [0, 0.05) is 19.7 Å². The largest absolute Gasteiger partial charge is 0.491 e. The molecule has 0 saturated heterocycles. The number of hydrogen-bond donors (Lipinski definition) is 2. The Morgan fingerprint density at radius 1 is 1.38 bits per heavy atom. The van der Waals surface area contributed by atoms with E-state index in [-0.39, 0.29) is 19.8 Å². The molecule has 4 nitrogen and oxygen atoms in total. The minimum Gasteiger partial charge on any atom is -0.491 e. The van der Waals surface area contributed by atoms with Gasteiger partial charge in [0.05, 0.1) is 6.61 Å². The van der Waals surface area contributed by atoms with Crippen molar-refractivity contribution < 1.29 is 19.0 Å². The molecule has 1 rings (SSSR count). The van der Waals surface area contributed by atoms with Crippen LogP contribution in [0.25, 0.3) is 0 Å². The molecule has 0 aromatic heterocycles. The fourth-order valence-corrected chi connectivity index (χ4v) is 1.25. The number of aliphatic hydroxyl groups is 1. The van der Waals surface area contributed by atoms with E-state index < -0.39 is 11.9 Å². The average Bonchev–Trinajstić information content (AvgIpc) is 2.26. The monoisotopic (exact) mass is 229 g/mol. The van der Waals surface area contributed by atoms with Crippen LogP contribution < -0.4 is 10.5 Å². The molecule has 0 bridgehead atoms. The van der Waals surface area contributed by atoms with E-state index >= 15 is 0 Å². The Kier molecular flexibility index (Phi) is 5.18. The Labute approximate surface area is 93.8 Å². The number of hydrogen-bond acceptors (Lipinski definition) is 4. The third kappa shape index (κ3) is 4.14. The van der Waals surface area contributed by atoms with Gasteiger partial charge in [-0.25, -0.2) is 4.39 Å². The standard InChI is InChI=1S/C11H16FNO3/c1-15-6-10(14)7-16-11-3-8(5-13)2-9(12)4-11/h2-4,10,14H,5-7,13H2,1H3. The minimum atomic E-state index is -0.727. The lowest BCUT2D eigenvalue weighted by Gasteiger charge is -2.12. The Hall–Kier alpha value is -1.17. The van der Waals surface area contributed by atoms with E-state index in [0.29, 0.717) is 11.3 Å². The lowest BCUT2D eigenvalue weighted by atomic mass is 10.2.